The zero-order chi connectivity index (χ0) is 16.2. The van der Waals surface area contributed by atoms with E-state index in [0.717, 1.165) is 31.5 Å². The fraction of sp³-hybridized carbons (Fsp3) is 0.412. The van der Waals surface area contributed by atoms with Crippen molar-refractivity contribution in [3.8, 4) is 11.5 Å². The largest absolute Gasteiger partial charge is 0.444 e. The summed E-state index contributed by atoms with van der Waals surface area (Å²) in [5.74, 6) is 0.622. The first kappa shape index (κ1) is 16.0. The average Bonchev–Trinajstić information content (AvgIpc) is 3.18. The predicted octanol–water partition coefficient (Wildman–Crippen LogP) is 2.75. The van der Waals surface area contributed by atoms with E-state index < -0.39 is 0 Å². The van der Waals surface area contributed by atoms with Crippen LogP contribution in [0.15, 0.2) is 34.9 Å². The second-order valence-corrected chi connectivity index (χ2v) is 6.20. The molecule has 0 aliphatic carbocycles. The van der Waals surface area contributed by atoms with Crippen LogP contribution in [0, 0.1) is 0 Å². The molecule has 2 heterocycles. The molecule has 122 valence electrons. The lowest BCUT2D eigenvalue weighted by molar-refractivity contribution is -0.131. The molecule has 0 unspecified atom stereocenters. The van der Waals surface area contributed by atoms with E-state index in [-0.39, 0.29) is 18.4 Å². The summed E-state index contributed by atoms with van der Waals surface area (Å²) in [6.45, 7) is 1.66. The van der Waals surface area contributed by atoms with Crippen LogP contribution in [0.5, 0.6) is 0 Å². The highest BCUT2D eigenvalue weighted by molar-refractivity contribution is 6.30. The van der Waals surface area contributed by atoms with Crippen LogP contribution in [0.2, 0.25) is 5.02 Å². The lowest BCUT2D eigenvalue weighted by Crippen LogP contribution is -2.41. The molecule has 3 rings (SSSR count). The third-order valence-corrected chi connectivity index (χ3v) is 4.36. The highest BCUT2D eigenvalue weighted by Crippen LogP contribution is 2.22. The second kappa shape index (κ2) is 7.15. The first-order chi connectivity index (χ1) is 11.2. The third kappa shape index (κ3) is 3.74. The van der Waals surface area contributed by atoms with E-state index in [1.54, 1.807) is 18.4 Å². The van der Waals surface area contributed by atoms with Gasteiger partial charge in [0.2, 0.25) is 11.8 Å². The van der Waals surface area contributed by atoms with Crippen molar-refractivity contribution in [3.05, 3.63) is 41.2 Å². The molecule has 1 atom stereocenters. The number of hydrogen-bond donors (Lipinski definition) is 1. The normalized spacial score (nSPS) is 17.7. The summed E-state index contributed by atoms with van der Waals surface area (Å²) in [4.78, 5) is 18.9. The van der Waals surface area contributed by atoms with Crippen LogP contribution in [-0.4, -0.2) is 42.0 Å². The maximum Gasteiger partial charge on any atom is 0.229 e. The molecule has 1 fully saturated rings. The zero-order valence-electron chi connectivity index (χ0n) is 13.1. The lowest BCUT2D eigenvalue weighted by atomic mass is 10.2. The number of halogens is 1. The third-order valence-electron chi connectivity index (χ3n) is 4.11. The van der Waals surface area contributed by atoms with E-state index in [2.05, 4.69) is 10.3 Å². The topological polar surface area (TPSA) is 58.4 Å². The van der Waals surface area contributed by atoms with Gasteiger partial charge in [-0.3, -0.25) is 4.79 Å². The van der Waals surface area contributed by atoms with Gasteiger partial charge in [-0.25, -0.2) is 4.98 Å². The number of aromatic nitrogens is 1. The molecular formula is C17H20ClN3O2. The first-order valence-electron chi connectivity index (χ1n) is 7.82. The van der Waals surface area contributed by atoms with Crippen LogP contribution in [0.4, 0.5) is 0 Å². The Morgan fingerprint density at radius 2 is 2.22 bits per heavy atom. The molecule has 1 aliphatic rings. The van der Waals surface area contributed by atoms with E-state index in [9.17, 15) is 4.79 Å². The van der Waals surface area contributed by atoms with Gasteiger partial charge in [-0.05, 0) is 44.2 Å². The molecule has 1 aromatic heterocycles. The highest BCUT2D eigenvalue weighted by atomic mass is 35.5. The summed E-state index contributed by atoms with van der Waals surface area (Å²) in [7, 11) is 1.91. The van der Waals surface area contributed by atoms with Crippen LogP contribution in [-0.2, 0) is 11.2 Å². The summed E-state index contributed by atoms with van der Waals surface area (Å²) in [5, 5.41) is 3.82. The van der Waals surface area contributed by atoms with Crippen LogP contribution >= 0.6 is 11.6 Å². The Hall–Kier alpha value is -1.85. The summed E-state index contributed by atoms with van der Waals surface area (Å²) < 4.78 is 5.49. The fourth-order valence-corrected chi connectivity index (χ4v) is 3.11. The van der Waals surface area contributed by atoms with Crippen molar-refractivity contribution in [2.75, 3.05) is 20.1 Å². The Labute approximate surface area is 140 Å². The minimum Gasteiger partial charge on any atom is -0.444 e. The Morgan fingerprint density at radius 1 is 1.43 bits per heavy atom. The van der Waals surface area contributed by atoms with Crippen LogP contribution in [0.1, 0.15) is 18.5 Å². The summed E-state index contributed by atoms with van der Waals surface area (Å²) in [5.41, 5.74) is 1.51. The Kier molecular flexibility index (Phi) is 4.98. The van der Waals surface area contributed by atoms with E-state index in [1.807, 2.05) is 24.1 Å². The molecule has 0 radical (unpaired) electrons. The summed E-state index contributed by atoms with van der Waals surface area (Å²) >= 11 is 5.88. The van der Waals surface area contributed by atoms with Crippen molar-refractivity contribution in [3.63, 3.8) is 0 Å². The van der Waals surface area contributed by atoms with Crippen LogP contribution in [0.25, 0.3) is 11.5 Å². The highest BCUT2D eigenvalue weighted by Gasteiger charge is 2.28. The molecule has 5 nitrogen and oxygen atoms in total. The lowest BCUT2D eigenvalue weighted by Gasteiger charge is -2.24. The molecule has 1 saturated heterocycles. The van der Waals surface area contributed by atoms with Gasteiger partial charge in [-0.1, -0.05) is 11.6 Å². The number of hydrogen-bond acceptors (Lipinski definition) is 4. The number of amides is 1. The van der Waals surface area contributed by atoms with E-state index >= 15 is 0 Å². The van der Waals surface area contributed by atoms with Crippen molar-refractivity contribution in [1.82, 2.24) is 15.2 Å². The van der Waals surface area contributed by atoms with Crippen molar-refractivity contribution in [2.24, 2.45) is 0 Å². The van der Waals surface area contributed by atoms with Crippen molar-refractivity contribution < 1.29 is 9.21 Å². The Morgan fingerprint density at radius 3 is 2.96 bits per heavy atom. The molecule has 1 aromatic carbocycles. The maximum atomic E-state index is 12.5. The number of nitrogens with zero attached hydrogens (tertiary/aromatic N) is 2. The Bertz CT molecular complexity index is 669. The van der Waals surface area contributed by atoms with E-state index in [1.165, 1.54) is 0 Å². The molecule has 6 heteroatoms. The van der Waals surface area contributed by atoms with Gasteiger partial charge in [0.1, 0.15) is 6.26 Å². The molecule has 0 spiro atoms. The van der Waals surface area contributed by atoms with E-state index in [4.69, 9.17) is 16.0 Å². The molecule has 1 amide bonds. The number of carbonyl (C=O) groups excluding carboxylic acids is 1. The van der Waals surface area contributed by atoms with Crippen molar-refractivity contribution in [2.45, 2.75) is 25.3 Å². The van der Waals surface area contributed by atoms with Gasteiger partial charge in [0.05, 0.1) is 12.1 Å². The number of benzene rings is 1. The summed E-state index contributed by atoms with van der Waals surface area (Å²) in [6.07, 6.45) is 3.96. The zero-order valence-corrected chi connectivity index (χ0v) is 13.8. The van der Waals surface area contributed by atoms with Gasteiger partial charge in [-0.2, -0.15) is 0 Å². The van der Waals surface area contributed by atoms with Crippen LogP contribution in [0.3, 0.4) is 0 Å². The number of rotatable bonds is 5. The molecule has 2 aromatic rings. The van der Waals surface area contributed by atoms with Gasteiger partial charge in [0, 0.05) is 29.7 Å². The Balaban J connectivity index is 1.66. The van der Waals surface area contributed by atoms with Gasteiger partial charge in [-0.15, -0.1) is 0 Å². The maximum absolute atomic E-state index is 12.5. The van der Waals surface area contributed by atoms with Gasteiger partial charge >= 0.3 is 0 Å². The molecule has 1 aliphatic heterocycles. The molecule has 23 heavy (non-hydrogen) atoms. The molecule has 0 saturated carbocycles. The number of carbonyl (C=O) groups is 1. The van der Waals surface area contributed by atoms with Crippen molar-refractivity contribution >= 4 is 17.5 Å². The molecule has 0 bridgehead atoms. The fourth-order valence-electron chi connectivity index (χ4n) is 2.98. The second-order valence-electron chi connectivity index (χ2n) is 5.77. The quantitative estimate of drug-likeness (QED) is 0.914. The number of nitrogens with one attached hydrogen (secondary N) is 1. The predicted molar refractivity (Wildman–Crippen MR) is 89.3 cm³/mol. The standard InChI is InChI=1S/C17H20ClN3O2/c1-19-10-15-3-2-8-21(15)16(22)9-14-11-23-17(20-14)12-4-6-13(18)7-5-12/h4-7,11,15,19H,2-3,8-10H2,1H3/t15-/m0/s1. The monoisotopic (exact) mass is 333 g/mol. The average molecular weight is 334 g/mol. The van der Waals surface area contributed by atoms with Gasteiger partial charge in [0.25, 0.3) is 0 Å². The van der Waals surface area contributed by atoms with Gasteiger partial charge < -0.3 is 14.6 Å². The number of likely N-dealkylation sites (N-methyl/N-ethyl adjacent to an activating group) is 1. The summed E-state index contributed by atoms with van der Waals surface area (Å²) in [6, 6.07) is 7.57. The minimum absolute atomic E-state index is 0.110. The molecular weight excluding hydrogens is 314 g/mol. The smallest absolute Gasteiger partial charge is 0.229 e. The number of oxazole rings is 1. The SMILES string of the molecule is CNC[C@@H]1CCCN1C(=O)Cc1coc(-c2ccc(Cl)cc2)n1. The minimum atomic E-state index is 0.110. The van der Waals surface area contributed by atoms with E-state index in [0.29, 0.717) is 16.6 Å². The van der Waals surface area contributed by atoms with Crippen molar-refractivity contribution in [1.29, 1.82) is 0 Å². The number of likely N-dealkylation sites (tertiary alicyclic amines) is 1. The van der Waals surface area contributed by atoms with Gasteiger partial charge in [0.15, 0.2) is 0 Å². The molecule has 1 N–H and O–H groups in total. The first-order valence-corrected chi connectivity index (χ1v) is 8.19. The van der Waals surface area contributed by atoms with Crippen LogP contribution < -0.4 is 5.32 Å².